The third-order valence-electron chi connectivity index (χ3n) is 3.36. The van der Waals surface area contributed by atoms with Crippen molar-refractivity contribution >= 4 is 5.91 Å². The molecule has 0 aromatic rings. The lowest BCUT2D eigenvalue weighted by atomic mass is 10.0. The molecular formula is C16H34FN3O4. The first-order chi connectivity index (χ1) is 11.4. The zero-order chi connectivity index (χ0) is 18.3. The number of hydrogen-bond acceptors (Lipinski definition) is 6. The molecule has 0 aromatic carbocycles. The van der Waals surface area contributed by atoms with Crippen molar-refractivity contribution in [1.82, 2.24) is 10.6 Å². The van der Waals surface area contributed by atoms with Gasteiger partial charge in [0, 0.05) is 26.1 Å². The van der Waals surface area contributed by atoms with E-state index in [9.17, 15) is 9.18 Å². The maximum Gasteiger partial charge on any atom is 0.219 e. The molecule has 0 aromatic heterocycles. The molecule has 0 spiro atoms. The van der Waals surface area contributed by atoms with Crippen LogP contribution in [0, 0.1) is 0 Å². The van der Waals surface area contributed by atoms with Crippen molar-refractivity contribution in [2.45, 2.75) is 39.0 Å². The first-order valence-electron chi connectivity index (χ1n) is 8.55. The Morgan fingerprint density at radius 3 is 2.33 bits per heavy atom. The van der Waals surface area contributed by atoms with E-state index in [0.717, 1.165) is 6.54 Å². The monoisotopic (exact) mass is 351 g/mol. The molecule has 7 nitrogen and oxygen atoms in total. The number of amides is 1. The summed E-state index contributed by atoms with van der Waals surface area (Å²) in [4.78, 5) is 11.1. The van der Waals surface area contributed by atoms with Crippen LogP contribution < -0.4 is 16.4 Å². The zero-order valence-electron chi connectivity index (χ0n) is 15.2. The van der Waals surface area contributed by atoms with Crippen LogP contribution in [-0.2, 0) is 19.0 Å². The van der Waals surface area contributed by atoms with Crippen LogP contribution in [0.15, 0.2) is 0 Å². The largest absolute Gasteiger partial charge is 0.379 e. The Balaban J connectivity index is 3.55. The predicted octanol–water partition coefficient (Wildman–Crippen LogP) is 0.227. The van der Waals surface area contributed by atoms with E-state index in [1.807, 2.05) is 0 Å². The van der Waals surface area contributed by atoms with E-state index < -0.39 is 11.8 Å². The van der Waals surface area contributed by atoms with E-state index in [2.05, 4.69) is 10.6 Å². The fraction of sp³-hybridized carbons (Fsp3) is 0.938. The number of nitrogens with one attached hydrogen (secondary N) is 2. The van der Waals surface area contributed by atoms with Gasteiger partial charge in [0.15, 0.2) is 0 Å². The van der Waals surface area contributed by atoms with Gasteiger partial charge in [0.1, 0.15) is 6.17 Å². The molecule has 0 radical (unpaired) electrons. The van der Waals surface area contributed by atoms with Gasteiger partial charge in [-0.15, -0.1) is 0 Å². The molecule has 0 aliphatic rings. The number of ether oxygens (including phenoxy) is 3. The molecule has 4 N–H and O–H groups in total. The second-order valence-corrected chi connectivity index (χ2v) is 5.84. The highest BCUT2D eigenvalue weighted by molar-refractivity contribution is 5.75. The smallest absolute Gasteiger partial charge is 0.219 e. The molecule has 0 heterocycles. The number of hydrogen-bond donors (Lipinski definition) is 3. The lowest BCUT2D eigenvalue weighted by Gasteiger charge is -2.29. The summed E-state index contributed by atoms with van der Waals surface area (Å²) in [6, 6.07) is 0. The fourth-order valence-corrected chi connectivity index (χ4v) is 1.73. The highest BCUT2D eigenvalue weighted by Gasteiger charge is 2.30. The first-order valence-corrected chi connectivity index (χ1v) is 8.55. The summed E-state index contributed by atoms with van der Waals surface area (Å²) in [6.07, 6.45) is -0.933. The van der Waals surface area contributed by atoms with Gasteiger partial charge in [-0.2, -0.15) is 0 Å². The van der Waals surface area contributed by atoms with E-state index in [-0.39, 0.29) is 12.5 Å². The molecule has 1 amide bonds. The van der Waals surface area contributed by atoms with E-state index >= 15 is 0 Å². The molecule has 0 aliphatic carbocycles. The number of halogens is 1. The molecule has 0 aliphatic heterocycles. The van der Waals surface area contributed by atoms with Crippen LogP contribution in [0.25, 0.3) is 0 Å². The Hall–Kier alpha value is -0.800. The molecule has 24 heavy (non-hydrogen) atoms. The standard InChI is InChI=1S/C16H34FN3O4/c1-4-15(21)20-13-14(17)16(2,3)24-12-11-23-10-7-19-6-9-22-8-5-18/h14,19H,4-13,18H2,1-3H3,(H,20,21). The minimum atomic E-state index is -1.27. The molecule has 0 saturated heterocycles. The minimum absolute atomic E-state index is 0.0450. The van der Waals surface area contributed by atoms with Gasteiger partial charge in [-0.25, -0.2) is 4.39 Å². The van der Waals surface area contributed by atoms with Crippen molar-refractivity contribution in [1.29, 1.82) is 0 Å². The summed E-state index contributed by atoms with van der Waals surface area (Å²) in [5.74, 6) is -0.169. The summed E-state index contributed by atoms with van der Waals surface area (Å²) in [5.41, 5.74) is 4.33. The van der Waals surface area contributed by atoms with Crippen molar-refractivity contribution in [3.63, 3.8) is 0 Å². The van der Waals surface area contributed by atoms with Crippen LogP contribution in [0.4, 0.5) is 4.39 Å². The van der Waals surface area contributed by atoms with Gasteiger partial charge in [-0.1, -0.05) is 6.92 Å². The molecule has 0 bridgehead atoms. The van der Waals surface area contributed by atoms with Crippen molar-refractivity contribution in [3.05, 3.63) is 0 Å². The molecule has 1 atom stereocenters. The highest BCUT2D eigenvalue weighted by Crippen LogP contribution is 2.17. The van der Waals surface area contributed by atoms with Crippen LogP contribution in [0.3, 0.4) is 0 Å². The summed E-state index contributed by atoms with van der Waals surface area (Å²) >= 11 is 0. The molecule has 144 valence electrons. The first kappa shape index (κ1) is 23.2. The van der Waals surface area contributed by atoms with Crippen molar-refractivity contribution in [3.8, 4) is 0 Å². The van der Waals surface area contributed by atoms with Gasteiger partial charge < -0.3 is 30.6 Å². The molecule has 1 unspecified atom stereocenters. The molecule has 0 fully saturated rings. The van der Waals surface area contributed by atoms with Gasteiger partial charge in [-0.05, 0) is 13.8 Å². The van der Waals surface area contributed by atoms with Crippen LogP contribution in [-0.4, -0.2) is 76.9 Å². The normalized spacial score (nSPS) is 13.0. The van der Waals surface area contributed by atoms with E-state index in [1.54, 1.807) is 20.8 Å². The summed E-state index contributed by atoms with van der Waals surface area (Å²) in [5, 5.41) is 5.70. The van der Waals surface area contributed by atoms with Crippen LogP contribution in [0.1, 0.15) is 27.2 Å². The number of rotatable bonds is 16. The summed E-state index contributed by atoms with van der Waals surface area (Å²) in [6.45, 7) is 9.44. The van der Waals surface area contributed by atoms with Gasteiger partial charge >= 0.3 is 0 Å². The average Bonchev–Trinajstić information content (AvgIpc) is 2.57. The van der Waals surface area contributed by atoms with Crippen LogP contribution in [0.2, 0.25) is 0 Å². The summed E-state index contributed by atoms with van der Waals surface area (Å²) < 4.78 is 30.2. The second-order valence-electron chi connectivity index (χ2n) is 5.84. The Labute approximate surface area is 144 Å². The molecular weight excluding hydrogens is 317 g/mol. The number of carbonyl (C=O) groups excluding carboxylic acids is 1. The van der Waals surface area contributed by atoms with E-state index in [0.29, 0.717) is 52.5 Å². The maximum atomic E-state index is 14.1. The quantitative estimate of drug-likeness (QED) is 0.345. The lowest BCUT2D eigenvalue weighted by molar-refractivity contribution is -0.122. The fourth-order valence-electron chi connectivity index (χ4n) is 1.73. The SMILES string of the molecule is CCC(=O)NCC(F)C(C)(C)OCCOCCNCCOCCN. The highest BCUT2D eigenvalue weighted by atomic mass is 19.1. The van der Waals surface area contributed by atoms with Crippen molar-refractivity contribution < 1.29 is 23.4 Å². The Bertz CT molecular complexity index is 320. The lowest BCUT2D eigenvalue weighted by Crippen LogP contribution is -2.44. The van der Waals surface area contributed by atoms with E-state index in [1.165, 1.54) is 0 Å². The minimum Gasteiger partial charge on any atom is -0.379 e. The molecule has 0 rings (SSSR count). The predicted molar refractivity (Wildman–Crippen MR) is 91.8 cm³/mol. The zero-order valence-corrected chi connectivity index (χ0v) is 15.2. The number of carbonyl (C=O) groups is 1. The third kappa shape index (κ3) is 12.6. The topological polar surface area (TPSA) is 94.8 Å². The Morgan fingerprint density at radius 2 is 1.75 bits per heavy atom. The van der Waals surface area contributed by atoms with Gasteiger partial charge in [0.05, 0.1) is 45.2 Å². The third-order valence-corrected chi connectivity index (χ3v) is 3.36. The molecule has 0 saturated carbocycles. The van der Waals surface area contributed by atoms with Crippen molar-refractivity contribution in [2.75, 3.05) is 59.2 Å². The van der Waals surface area contributed by atoms with Gasteiger partial charge in [0.25, 0.3) is 0 Å². The van der Waals surface area contributed by atoms with Crippen LogP contribution >= 0.6 is 0 Å². The maximum absolute atomic E-state index is 14.1. The molecule has 8 heteroatoms. The van der Waals surface area contributed by atoms with Gasteiger partial charge in [-0.3, -0.25) is 4.79 Å². The van der Waals surface area contributed by atoms with Crippen LogP contribution in [0.5, 0.6) is 0 Å². The summed E-state index contributed by atoms with van der Waals surface area (Å²) in [7, 11) is 0. The second kappa shape index (κ2) is 14.5. The van der Waals surface area contributed by atoms with E-state index in [4.69, 9.17) is 19.9 Å². The van der Waals surface area contributed by atoms with Gasteiger partial charge in [0.2, 0.25) is 5.91 Å². The van der Waals surface area contributed by atoms with Crippen molar-refractivity contribution in [2.24, 2.45) is 5.73 Å². The Morgan fingerprint density at radius 1 is 1.12 bits per heavy atom. The average molecular weight is 351 g/mol. The number of alkyl halides is 1. The number of nitrogens with two attached hydrogens (primary N) is 1. The Kier molecular flexibility index (Phi) is 14.1.